The zero-order chi connectivity index (χ0) is 13.7. The van der Waals surface area contributed by atoms with Gasteiger partial charge in [0.15, 0.2) is 0 Å². The van der Waals surface area contributed by atoms with Crippen molar-refractivity contribution < 1.29 is 4.79 Å². The lowest BCUT2D eigenvalue weighted by molar-refractivity contribution is -0.116. The molecular weight excluding hydrogens is 258 g/mol. The second kappa shape index (κ2) is 6.80. The van der Waals surface area contributed by atoms with Crippen LogP contribution in [0.5, 0.6) is 0 Å². The van der Waals surface area contributed by atoms with Gasteiger partial charge >= 0.3 is 0 Å². The van der Waals surface area contributed by atoms with E-state index < -0.39 is 0 Å². The summed E-state index contributed by atoms with van der Waals surface area (Å²) in [5.41, 5.74) is 0. The predicted molar refractivity (Wildman–Crippen MR) is 78.3 cm³/mol. The molecule has 0 radical (unpaired) electrons. The third-order valence-corrected chi connectivity index (χ3v) is 4.58. The molecule has 0 saturated heterocycles. The maximum absolute atomic E-state index is 11.9. The first-order valence-electron chi connectivity index (χ1n) is 7.02. The average Bonchev–Trinajstić information content (AvgIpc) is 3.03. The van der Waals surface area contributed by atoms with E-state index in [0.717, 1.165) is 30.7 Å². The fraction of sp³-hybridized carbons (Fsp3) is 0.643. The van der Waals surface area contributed by atoms with E-state index in [1.165, 1.54) is 11.3 Å². The number of amides is 1. The van der Waals surface area contributed by atoms with Crippen molar-refractivity contribution in [2.75, 3.05) is 5.32 Å². The Labute approximate surface area is 118 Å². The van der Waals surface area contributed by atoms with Crippen LogP contribution in [0.25, 0.3) is 0 Å². The third kappa shape index (κ3) is 3.86. The second-order valence-corrected chi connectivity index (χ2v) is 5.99. The summed E-state index contributed by atoms with van der Waals surface area (Å²) in [5, 5.41) is 12.8. The summed E-state index contributed by atoms with van der Waals surface area (Å²) in [6.07, 6.45) is 9.13. The van der Waals surface area contributed by atoms with Gasteiger partial charge in [-0.05, 0) is 31.6 Å². The highest BCUT2D eigenvalue weighted by Gasteiger charge is 2.17. The van der Waals surface area contributed by atoms with Crippen molar-refractivity contribution in [3.63, 3.8) is 0 Å². The topological polar surface area (TPSA) is 54.9 Å². The maximum atomic E-state index is 11.9. The SMILES string of the molecule is CCC(CC)c1nnc(NC(=O)CC2C=CCC2)s1. The molecule has 1 aromatic rings. The van der Waals surface area contributed by atoms with Crippen molar-refractivity contribution in [2.45, 2.75) is 51.9 Å². The van der Waals surface area contributed by atoms with Crippen LogP contribution in [0.4, 0.5) is 5.13 Å². The lowest BCUT2D eigenvalue weighted by atomic mass is 10.1. The zero-order valence-electron chi connectivity index (χ0n) is 11.6. The Morgan fingerprint density at radius 3 is 2.89 bits per heavy atom. The smallest absolute Gasteiger partial charge is 0.226 e. The van der Waals surface area contributed by atoms with E-state index in [0.29, 0.717) is 23.4 Å². The fourth-order valence-electron chi connectivity index (χ4n) is 2.36. The zero-order valence-corrected chi connectivity index (χ0v) is 12.4. The van der Waals surface area contributed by atoms with Crippen molar-refractivity contribution >= 4 is 22.4 Å². The van der Waals surface area contributed by atoms with Gasteiger partial charge in [-0.15, -0.1) is 10.2 Å². The molecule has 4 nitrogen and oxygen atoms in total. The largest absolute Gasteiger partial charge is 0.301 e. The molecule has 0 aromatic carbocycles. The molecule has 19 heavy (non-hydrogen) atoms. The van der Waals surface area contributed by atoms with Crippen LogP contribution < -0.4 is 5.32 Å². The number of nitrogens with one attached hydrogen (secondary N) is 1. The normalized spacial score (nSPS) is 18.2. The Balaban J connectivity index is 1.88. The summed E-state index contributed by atoms with van der Waals surface area (Å²) < 4.78 is 0. The first kappa shape index (κ1) is 14.2. The first-order valence-corrected chi connectivity index (χ1v) is 7.84. The maximum Gasteiger partial charge on any atom is 0.226 e. The van der Waals surface area contributed by atoms with Crippen LogP contribution >= 0.6 is 11.3 Å². The number of allylic oxidation sites excluding steroid dienone is 2. The van der Waals surface area contributed by atoms with Gasteiger partial charge in [-0.1, -0.05) is 37.3 Å². The molecule has 1 N–H and O–H groups in total. The Morgan fingerprint density at radius 2 is 2.26 bits per heavy atom. The van der Waals surface area contributed by atoms with Gasteiger partial charge in [-0.25, -0.2) is 0 Å². The summed E-state index contributed by atoms with van der Waals surface area (Å²) in [7, 11) is 0. The van der Waals surface area contributed by atoms with E-state index in [2.05, 4.69) is 41.5 Å². The minimum absolute atomic E-state index is 0.0452. The van der Waals surface area contributed by atoms with E-state index >= 15 is 0 Å². The standard InChI is InChI=1S/C14H21N3OS/c1-3-11(4-2)13-16-17-14(19-13)15-12(18)9-10-7-5-6-8-10/h5,7,10-11H,3-4,6,8-9H2,1-2H3,(H,15,17,18). The van der Waals surface area contributed by atoms with Crippen LogP contribution in [-0.4, -0.2) is 16.1 Å². The highest BCUT2D eigenvalue weighted by Crippen LogP contribution is 2.28. The molecule has 0 fully saturated rings. The van der Waals surface area contributed by atoms with Crippen molar-refractivity contribution in [1.29, 1.82) is 0 Å². The molecular formula is C14H21N3OS. The number of carbonyl (C=O) groups excluding carboxylic acids is 1. The van der Waals surface area contributed by atoms with Crippen molar-refractivity contribution in [3.05, 3.63) is 17.2 Å². The Bertz CT molecular complexity index is 451. The molecule has 2 rings (SSSR count). The molecule has 1 unspecified atom stereocenters. The van der Waals surface area contributed by atoms with Gasteiger partial charge in [-0.2, -0.15) is 0 Å². The van der Waals surface area contributed by atoms with Gasteiger partial charge in [0.2, 0.25) is 11.0 Å². The van der Waals surface area contributed by atoms with Gasteiger partial charge in [0.25, 0.3) is 0 Å². The monoisotopic (exact) mass is 279 g/mol. The summed E-state index contributed by atoms with van der Waals surface area (Å²) in [4.78, 5) is 11.9. The summed E-state index contributed by atoms with van der Waals surface area (Å²) in [5.74, 6) is 0.899. The molecule has 0 aliphatic heterocycles. The van der Waals surface area contributed by atoms with Gasteiger partial charge in [0.05, 0.1) is 0 Å². The number of hydrogen-bond acceptors (Lipinski definition) is 4. The Kier molecular flexibility index (Phi) is 5.07. The number of aromatic nitrogens is 2. The van der Waals surface area contributed by atoms with E-state index in [4.69, 9.17) is 0 Å². The second-order valence-electron chi connectivity index (χ2n) is 4.98. The molecule has 1 aliphatic carbocycles. The third-order valence-electron chi connectivity index (χ3n) is 3.58. The molecule has 1 atom stereocenters. The van der Waals surface area contributed by atoms with Gasteiger partial charge in [0.1, 0.15) is 5.01 Å². The van der Waals surface area contributed by atoms with E-state index in [9.17, 15) is 4.79 Å². The Morgan fingerprint density at radius 1 is 1.47 bits per heavy atom. The number of carbonyl (C=O) groups is 1. The molecule has 1 aromatic heterocycles. The number of anilines is 1. The highest BCUT2D eigenvalue weighted by molar-refractivity contribution is 7.15. The minimum Gasteiger partial charge on any atom is -0.301 e. The molecule has 0 spiro atoms. The van der Waals surface area contributed by atoms with E-state index in [1.807, 2.05) is 0 Å². The summed E-state index contributed by atoms with van der Waals surface area (Å²) in [6.45, 7) is 4.31. The van der Waals surface area contributed by atoms with Crippen molar-refractivity contribution in [3.8, 4) is 0 Å². The van der Waals surface area contributed by atoms with Crippen molar-refractivity contribution in [1.82, 2.24) is 10.2 Å². The van der Waals surface area contributed by atoms with Crippen LogP contribution in [0.2, 0.25) is 0 Å². The van der Waals surface area contributed by atoms with Crippen LogP contribution in [0.3, 0.4) is 0 Å². The van der Waals surface area contributed by atoms with E-state index in [-0.39, 0.29) is 5.91 Å². The number of nitrogens with zero attached hydrogens (tertiary/aromatic N) is 2. The predicted octanol–water partition coefficient (Wildman–Crippen LogP) is 3.74. The minimum atomic E-state index is 0.0452. The van der Waals surface area contributed by atoms with Crippen molar-refractivity contribution in [2.24, 2.45) is 5.92 Å². The number of hydrogen-bond donors (Lipinski definition) is 1. The van der Waals surface area contributed by atoms with E-state index in [1.54, 1.807) is 0 Å². The number of rotatable bonds is 6. The summed E-state index contributed by atoms with van der Waals surface area (Å²) >= 11 is 1.50. The van der Waals surface area contributed by atoms with Gasteiger partial charge in [0, 0.05) is 12.3 Å². The lowest BCUT2D eigenvalue weighted by Gasteiger charge is -2.07. The molecule has 104 valence electrons. The van der Waals surface area contributed by atoms with Crippen LogP contribution in [-0.2, 0) is 4.79 Å². The lowest BCUT2D eigenvalue weighted by Crippen LogP contribution is -2.14. The molecule has 5 heteroatoms. The fourth-order valence-corrected chi connectivity index (χ4v) is 3.39. The molecule has 1 amide bonds. The Hall–Kier alpha value is -1.23. The van der Waals surface area contributed by atoms with Crippen LogP contribution in [0, 0.1) is 5.92 Å². The van der Waals surface area contributed by atoms with Gasteiger partial charge < -0.3 is 5.32 Å². The molecule has 0 saturated carbocycles. The van der Waals surface area contributed by atoms with Crippen LogP contribution in [0.1, 0.15) is 56.9 Å². The summed E-state index contributed by atoms with van der Waals surface area (Å²) in [6, 6.07) is 0. The quantitative estimate of drug-likeness (QED) is 0.807. The highest BCUT2D eigenvalue weighted by atomic mass is 32.1. The molecule has 1 heterocycles. The first-order chi connectivity index (χ1) is 9.22. The van der Waals surface area contributed by atoms with Crippen LogP contribution in [0.15, 0.2) is 12.2 Å². The van der Waals surface area contributed by atoms with Gasteiger partial charge in [-0.3, -0.25) is 4.79 Å². The molecule has 0 bridgehead atoms. The molecule has 1 aliphatic rings. The average molecular weight is 279 g/mol.